The maximum Gasteiger partial charge on any atom is 0.406 e. The van der Waals surface area contributed by atoms with Gasteiger partial charge >= 0.3 is 6.18 Å². The van der Waals surface area contributed by atoms with Crippen molar-refractivity contribution >= 4 is 23.4 Å². The Morgan fingerprint density at radius 1 is 1.15 bits per heavy atom. The zero-order chi connectivity index (χ0) is 20.0. The van der Waals surface area contributed by atoms with Crippen LogP contribution in [0.15, 0.2) is 59.5 Å². The molecule has 1 amide bonds. The minimum Gasteiger partial charge on any atom is -0.328 e. The van der Waals surface area contributed by atoms with Crippen LogP contribution in [0.3, 0.4) is 0 Å². The summed E-state index contributed by atoms with van der Waals surface area (Å²) in [6, 6.07) is 14.3. The number of para-hydroxylation sites is 1. The van der Waals surface area contributed by atoms with Gasteiger partial charge in [-0.05, 0) is 19.1 Å². The molecule has 5 nitrogen and oxygen atoms in total. The number of benzene rings is 2. The number of carbonyl (C=O) groups excluding carboxylic acids is 1. The second-order valence-electron chi connectivity index (χ2n) is 5.77. The Kier molecular flexibility index (Phi) is 6.84. The predicted octanol–water partition coefficient (Wildman–Crippen LogP) is 4.67. The first-order chi connectivity index (χ1) is 12.7. The van der Waals surface area contributed by atoms with E-state index in [1.807, 2.05) is 0 Å². The van der Waals surface area contributed by atoms with E-state index in [0.717, 1.165) is 16.7 Å². The molecular weight excluding hydrogens is 381 g/mol. The minimum absolute atomic E-state index is 0.0528. The summed E-state index contributed by atoms with van der Waals surface area (Å²) in [5.74, 6) is -0.737. The van der Waals surface area contributed by atoms with Crippen LogP contribution in [0.1, 0.15) is 12.5 Å². The van der Waals surface area contributed by atoms with Gasteiger partial charge in [0.2, 0.25) is 5.91 Å². The van der Waals surface area contributed by atoms with Crippen molar-refractivity contribution in [2.75, 3.05) is 6.54 Å². The topological polar surface area (TPSA) is 63.5 Å². The van der Waals surface area contributed by atoms with E-state index in [-0.39, 0.29) is 11.3 Å². The van der Waals surface area contributed by atoms with Gasteiger partial charge in [0.25, 0.3) is 5.69 Å². The monoisotopic (exact) mass is 398 g/mol. The van der Waals surface area contributed by atoms with Gasteiger partial charge in [0.1, 0.15) is 6.54 Å². The van der Waals surface area contributed by atoms with Crippen LogP contribution >= 0.6 is 11.8 Å². The van der Waals surface area contributed by atoms with Gasteiger partial charge in [-0.25, -0.2) is 0 Å². The van der Waals surface area contributed by atoms with Crippen molar-refractivity contribution < 1.29 is 22.9 Å². The predicted molar refractivity (Wildman–Crippen MR) is 96.3 cm³/mol. The van der Waals surface area contributed by atoms with Crippen molar-refractivity contribution in [3.8, 4) is 0 Å². The van der Waals surface area contributed by atoms with Crippen LogP contribution < -0.4 is 0 Å². The summed E-state index contributed by atoms with van der Waals surface area (Å²) in [5, 5.41) is 10.3. The lowest BCUT2D eigenvalue weighted by atomic mass is 10.1. The number of nitrogens with zero attached hydrogens (tertiary/aromatic N) is 2. The molecule has 0 saturated carbocycles. The van der Waals surface area contributed by atoms with Crippen molar-refractivity contribution in [3.63, 3.8) is 0 Å². The lowest BCUT2D eigenvalue weighted by Crippen LogP contribution is -2.42. The molecule has 9 heteroatoms. The van der Waals surface area contributed by atoms with E-state index in [2.05, 4.69) is 0 Å². The van der Waals surface area contributed by atoms with E-state index in [1.54, 1.807) is 30.3 Å². The number of hydrogen-bond acceptors (Lipinski definition) is 4. The first-order valence-electron chi connectivity index (χ1n) is 7.97. The Morgan fingerprint density at radius 2 is 1.74 bits per heavy atom. The second kappa shape index (κ2) is 8.90. The molecule has 0 spiro atoms. The maximum atomic E-state index is 13.0. The number of halogens is 3. The highest BCUT2D eigenvalue weighted by atomic mass is 32.2. The standard InChI is InChI=1S/C18H17F3N2O3S/c1-13(27-15-8-3-2-4-9-15)17(24)22(12-18(19,20)21)11-14-7-5-6-10-16(14)23(25)26/h2-10,13H,11-12H2,1H3. The third kappa shape index (κ3) is 6.28. The Labute approximate surface area is 158 Å². The van der Waals surface area contributed by atoms with Gasteiger partial charge in [-0.1, -0.05) is 36.4 Å². The summed E-state index contributed by atoms with van der Waals surface area (Å²) in [7, 11) is 0. The van der Waals surface area contributed by atoms with E-state index in [1.165, 1.54) is 31.2 Å². The van der Waals surface area contributed by atoms with Crippen molar-refractivity contribution in [1.29, 1.82) is 0 Å². The number of carbonyl (C=O) groups is 1. The number of amides is 1. The number of thioether (sulfide) groups is 1. The molecule has 0 fully saturated rings. The van der Waals surface area contributed by atoms with Crippen LogP contribution in [0, 0.1) is 10.1 Å². The summed E-state index contributed by atoms with van der Waals surface area (Å²) < 4.78 is 39.0. The van der Waals surface area contributed by atoms with Crippen molar-refractivity contribution in [3.05, 3.63) is 70.3 Å². The van der Waals surface area contributed by atoms with E-state index in [4.69, 9.17) is 0 Å². The molecule has 0 bridgehead atoms. The van der Waals surface area contributed by atoms with E-state index >= 15 is 0 Å². The maximum absolute atomic E-state index is 13.0. The molecule has 0 aliphatic rings. The molecule has 0 radical (unpaired) electrons. The molecule has 2 rings (SSSR count). The molecule has 0 N–H and O–H groups in total. The highest BCUT2D eigenvalue weighted by Gasteiger charge is 2.35. The zero-order valence-corrected chi connectivity index (χ0v) is 15.2. The Balaban J connectivity index is 2.23. The van der Waals surface area contributed by atoms with Gasteiger partial charge < -0.3 is 4.90 Å². The molecule has 2 aromatic carbocycles. The Bertz CT molecular complexity index is 800. The molecule has 0 saturated heterocycles. The summed E-state index contributed by atoms with van der Waals surface area (Å²) in [6.07, 6.45) is -4.61. The smallest absolute Gasteiger partial charge is 0.328 e. The molecule has 0 heterocycles. The number of rotatable bonds is 7. The number of nitro benzene ring substituents is 1. The van der Waals surface area contributed by atoms with Crippen LogP contribution in [0.4, 0.5) is 18.9 Å². The summed E-state index contributed by atoms with van der Waals surface area (Å²) >= 11 is 1.13. The molecule has 27 heavy (non-hydrogen) atoms. The van der Waals surface area contributed by atoms with E-state index in [0.29, 0.717) is 4.90 Å². The molecule has 1 atom stereocenters. The normalized spacial score (nSPS) is 12.4. The van der Waals surface area contributed by atoms with Crippen molar-refractivity contribution in [1.82, 2.24) is 4.90 Å². The summed E-state index contributed by atoms with van der Waals surface area (Å²) in [5.41, 5.74) is -0.266. The van der Waals surface area contributed by atoms with Crippen molar-refractivity contribution in [2.24, 2.45) is 0 Å². The highest BCUT2D eigenvalue weighted by molar-refractivity contribution is 8.00. The fourth-order valence-electron chi connectivity index (χ4n) is 2.47. The Hall–Kier alpha value is -2.55. The van der Waals surface area contributed by atoms with Crippen LogP contribution in [-0.2, 0) is 11.3 Å². The average molecular weight is 398 g/mol. The molecule has 0 aliphatic carbocycles. The molecule has 0 aromatic heterocycles. The molecular formula is C18H17F3N2O3S. The lowest BCUT2D eigenvalue weighted by molar-refractivity contribution is -0.385. The lowest BCUT2D eigenvalue weighted by Gasteiger charge is -2.26. The van der Waals surface area contributed by atoms with Crippen LogP contribution in [0.2, 0.25) is 0 Å². The number of hydrogen-bond donors (Lipinski definition) is 0. The van der Waals surface area contributed by atoms with Gasteiger partial charge in [-0.3, -0.25) is 14.9 Å². The second-order valence-corrected chi connectivity index (χ2v) is 7.18. The zero-order valence-electron chi connectivity index (χ0n) is 14.3. The average Bonchev–Trinajstić information content (AvgIpc) is 2.60. The van der Waals surface area contributed by atoms with E-state index in [9.17, 15) is 28.1 Å². The molecule has 0 aliphatic heterocycles. The summed E-state index contributed by atoms with van der Waals surface area (Å²) in [6.45, 7) is -0.449. The van der Waals surface area contributed by atoms with E-state index < -0.39 is 35.3 Å². The number of nitro groups is 1. The van der Waals surface area contributed by atoms with Crippen LogP contribution in [0.5, 0.6) is 0 Å². The fraction of sp³-hybridized carbons (Fsp3) is 0.278. The fourth-order valence-corrected chi connectivity index (χ4v) is 3.44. The largest absolute Gasteiger partial charge is 0.406 e. The third-order valence-electron chi connectivity index (χ3n) is 3.64. The highest BCUT2D eigenvalue weighted by Crippen LogP contribution is 2.28. The van der Waals surface area contributed by atoms with Crippen molar-refractivity contribution in [2.45, 2.75) is 29.8 Å². The van der Waals surface area contributed by atoms with Crippen LogP contribution in [0.25, 0.3) is 0 Å². The first-order valence-corrected chi connectivity index (χ1v) is 8.85. The van der Waals surface area contributed by atoms with Gasteiger partial charge in [-0.2, -0.15) is 13.2 Å². The molecule has 2 aromatic rings. The van der Waals surface area contributed by atoms with Gasteiger partial charge in [-0.15, -0.1) is 11.8 Å². The summed E-state index contributed by atoms with van der Waals surface area (Å²) in [4.78, 5) is 24.4. The molecule has 1 unspecified atom stereocenters. The van der Waals surface area contributed by atoms with Gasteiger partial charge in [0, 0.05) is 16.5 Å². The van der Waals surface area contributed by atoms with Gasteiger partial charge in [0.05, 0.1) is 16.7 Å². The first kappa shape index (κ1) is 20.8. The number of alkyl halides is 3. The SMILES string of the molecule is CC(Sc1ccccc1)C(=O)N(Cc1ccccc1[N+](=O)[O-])CC(F)(F)F. The van der Waals surface area contributed by atoms with Crippen LogP contribution in [-0.4, -0.2) is 33.7 Å². The van der Waals surface area contributed by atoms with Gasteiger partial charge in [0.15, 0.2) is 0 Å². The Morgan fingerprint density at radius 3 is 2.33 bits per heavy atom. The molecule has 144 valence electrons. The minimum atomic E-state index is -4.61. The third-order valence-corrected chi connectivity index (χ3v) is 4.73. The quantitative estimate of drug-likeness (QED) is 0.386.